The Labute approximate surface area is 132 Å². The molecule has 2 N–H and O–H groups in total. The van der Waals surface area contributed by atoms with Crippen LogP contribution in [0.1, 0.15) is 25.7 Å². The Kier molecular flexibility index (Phi) is 4.76. The third-order valence-electron chi connectivity index (χ3n) is 4.10. The minimum Gasteiger partial charge on any atom is -0.481 e. The molecule has 1 aliphatic rings. The number of hydrogen-bond donors (Lipinski definition) is 2. The van der Waals surface area contributed by atoms with E-state index in [0.717, 1.165) is 15.3 Å². The van der Waals surface area contributed by atoms with Gasteiger partial charge in [-0.3, -0.25) is 14.2 Å². The summed E-state index contributed by atoms with van der Waals surface area (Å²) in [5.74, 6) is -1.33. The average Bonchev–Trinajstić information content (AvgIpc) is 2.48. The molecule has 0 spiro atoms. The lowest BCUT2D eigenvalue weighted by molar-refractivity contribution is -0.142. The van der Waals surface area contributed by atoms with Gasteiger partial charge < -0.3 is 9.67 Å². The lowest BCUT2D eigenvalue weighted by Gasteiger charge is -2.26. The minimum absolute atomic E-state index is 0.383. The molecule has 0 aromatic carbocycles. The van der Waals surface area contributed by atoms with Crippen LogP contribution in [0.3, 0.4) is 0 Å². The van der Waals surface area contributed by atoms with Crippen molar-refractivity contribution in [2.75, 3.05) is 0 Å². The third-order valence-corrected chi connectivity index (χ3v) is 5.61. The fraction of sp³-hybridized carbons (Fsp3) is 0.615. The van der Waals surface area contributed by atoms with Crippen LogP contribution in [0, 0.1) is 5.92 Å². The van der Waals surface area contributed by atoms with Crippen molar-refractivity contribution < 1.29 is 18.3 Å². The van der Waals surface area contributed by atoms with Crippen molar-refractivity contribution in [1.82, 2.24) is 13.9 Å². The molecule has 1 saturated carbocycles. The van der Waals surface area contributed by atoms with Crippen molar-refractivity contribution >= 4 is 16.0 Å². The zero-order chi connectivity index (χ0) is 17.4. The summed E-state index contributed by atoms with van der Waals surface area (Å²) >= 11 is 0. The van der Waals surface area contributed by atoms with Gasteiger partial charge in [0, 0.05) is 26.3 Å². The largest absolute Gasteiger partial charge is 0.481 e. The number of carboxylic acid groups (broad SMARTS) is 1. The van der Waals surface area contributed by atoms with Crippen LogP contribution >= 0.6 is 0 Å². The molecule has 0 aliphatic heterocycles. The van der Waals surface area contributed by atoms with Crippen molar-refractivity contribution in [3.63, 3.8) is 0 Å². The Hall–Kier alpha value is -1.94. The standard InChI is InChI=1S/C13H19N3O6S/c1-15-7-10(11(17)16(2)13(15)20)23(21,22)14-9-5-3-8(4-6-9)12(18)19/h7-9,14H,3-6H2,1-2H3,(H,18,19). The fourth-order valence-electron chi connectivity index (χ4n) is 2.70. The molecule has 10 heteroatoms. The fourth-order valence-corrected chi connectivity index (χ4v) is 4.17. The zero-order valence-corrected chi connectivity index (χ0v) is 13.7. The highest BCUT2D eigenvalue weighted by Crippen LogP contribution is 2.25. The molecule has 0 saturated heterocycles. The number of aryl methyl sites for hydroxylation is 1. The molecule has 0 unspecified atom stereocenters. The smallest absolute Gasteiger partial charge is 0.330 e. The molecule has 0 amide bonds. The van der Waals surface area contributed by atoms with E-state index in [-0.39, 0.29) is 0 Å². The topological polar surface area (TPSA) is 127 Å². The number of nitrogens with zero attached hydrogens (tertiary/aromatic N) is 2. The highest BCUT2D eigenvalue weighted by Gasteiger charge is 2.30. The van der Waals surface area contributed by atoms with E-state index in [0.29, 0.717) is 25.7 Å². The van der Waals surface area contributed by atoms with Crippen LogP contribution in [0.15, 0.2) is 20.7 Å². The van der Waals surface area contributed by atoms with Gasteiger partial charge in [-0.25, -0.2) is 17.9 Å². The van der Waals surface area contributed by atoms with E-state index in [1.54, 1.807) is 0 Å². The van der Waals surface area contributed by atoms with Crippen LogP contribution < -0.4 is 16.0 Å². The number of hydrogen-bond acceptors (Lipinski definition) is 5. The minimum atomic E-state index is -4.08. The summed E-state index contributed by atoms with van der Waals surface area (Å²) in [4.78, 5) is 34.0. The van der Waals surface area contributed by atoms with Crippen LogP contribution in [-0.2, 0) is 28.9 Å². The van der Waals surface area contributed by atoms with Crippen LogP contribution in [0.2, 0.25) is 0 Å². The van der Waals surface area contributed by atoms with Crippen molar-refractivity contribution in [2.45, 2.75) is 36.6 Å². The van der Waals surface area contributed by atoms with Gasteiger partial charge in [-0.15, -0.1) is 0 Å². The second-order valence-electron chi connectivity index (χ2n) is 5.76. The molecule has 9 nitrogen and oxygen atoms in total. The molecular formula is C13H19N3O6S. The maximum Gasteiger partial charge on any atom is 0.330 e. The SMILES string of the molecule is Cn1cc(S(=O)(=O)NC2CCC(C(=O)O)CC2)c(=O)n(C)c1=O. The highest BCUT2D eigenvalue weighted by molar-refractivity contribution is 7.89. The zero-order valence-electron chi connectivity index (χ0n) is 12.9. The van der Waals surface area contributed by atoms with E-state index in [9.17, 15) is 22.8 Å². The van der Waals surface area contributed by atoms with Crippen molar-refractivity contribution in [2.24, 2.45) is 20.0 Å². The van der Waals surface area contributed by atoms with Gasteiger partial charge in [-0.2, -0.15) is 0 Å². The summed E-state index contributed by atoms with van der Waals surface area (Å²) < 4.78 is 29.0. The number of carbonyl (C=O) groups is 1. The molecule has 1 heterocycles. The predicted molar refractivity (Wildman–Crippen MR) is 80.6 cm³/mol. The quantitative estimate of drug-likeness (QED) is 0.721. The van der Waals surface area contributed by atoms with E-state index in [1.165, 1.54) is 14.1 Å². The summed E-state index contributed by atoms with van der Waals surface area (Å²) in [6.07, 6.45) is 2.54. The molecule has 2 rings (SSSR count). The van der Waals surface area contributed by atoms with E-state index in [2.05, 4.69) is 4.72 Å². The molecule has 23 heavy (non-hydrogen) atoms. The molecule has 0 radical (unpaired) electrons. The second kappa shape index (κ2) is 6.28. The molecule has 1 fully saturated rings. The van der Waals surface area contributed by atoms with Crippen molar-refractivity contribution in [1.29, 1.82) is 0 Å². The first-order valence-electron chi connectivity index (χ1n) is 7.15. The summed E-state index contributed by atoms with van der Waals surface area (Å²) in [5, 5.41) is 8.94. The van der Waals surface area contributed by atoms with Gasteiger partial charge in [0.15, 0.2) is 4.90 Å². The summed E-state index contributed by atoms with van der Waals surface area (Å²) in [6, 6.07) is -0.419. The van der Waals surface area contributed by atoms with Crippen LogP contribution in [0.25, 0.3) is 0 Å². The van der Waals surface area contributed by atoms with E-state index >= 15 is 0 Å². The lowest BCUT2D eigenvalue weighted by atomic mass is 9.87. The van der Waals surface area contributed by atoms with E-state index in [1.807, 2.05) is 0 Å². The number of sulfonamides is 1. The van der Waals surface area contributed by atoms with Crippen LogP contribution in [0.5, 0.6) is 0 Å². The molecule has 1 aromatic rings. The first kappa shape index (κ1) is 17.4. The van der Waals surface area contributed by atoms with Crippen LogP contribution in [0.4, 0.5) is 0 Å². The number of rotatable bonds is 4. The van der Waals surface area contributed by atoms with Crippen molar-refractivity contribution in [3.8, 4) is 0 Å². The van der Waals surface area contributed by atoms with Gasteiger partial charge in [0.2, 0.25) is 10.0 Å². The van der Waals surface area contributed by atoms with E-state index in [4.69, 9.17) is 5.11 Å². The van der Waals surface area contributed by atoms with Gasteiger partial charge in [0.05, 0.1) is 5.92 Å². The Bertz CT molecular complexity index is 830. The Morgan fingerprint density at radius 2 is 1.78 bits per heavy atom. The van der Waals surface area contributed by atoms with Crippen LogP contribution in [-0.4, -0.2) is 34.7 Å². The second-order valence-corrected chi connectivity index (χ2v) is 7.44. The first-order valence-corrected chi connectivity index (χ1v) is 8.63. The van der Waals surface area contributed by atoms with Crippen molar-refractivity contribution in [3.05, 3.63) is 27.0 Å². The highest BCUT2D eigenvalue weighted by atomic mass is 32.2. The molecule has 1 aliphatic carbocycles. The maximum absolute atomic E-state index is 12.4. The monoisotopic (exact) mass is 345 g/mol. The molecule has 0 atom stereocenters. The van der Waals surface area contributed by atoms with Gasteiger partial charge in [-0.05, 0) is 25.7 Å². The number of nitrogens with one attached hydrogen (secondary N) is 1. The average molecular weight is 345 g/mol. The summed E-state index contributed by atoms with van der Waals surface area (Å²) in [5.41, 5.74) is -1.50. The number of aromatic nitrogens is 2. The van der Waals surface area contributed by atoms with Gasteiger partial charge in [0.25, 0.3) is 5.56 Å². The maximum atomic E-state index is 12.4. The Balaban J connectivity index is 2.23. The summed E-state index contributed by atoms with van der Waals surface area (Å²) in [6.45, 7) is 0. The summed E-state index contributed by atoms with van der Waals surface area (Å²) in [7, 11) is -1.51. The molecule has 0 bridgehead atoms. The normalized spacial score (nSPS) is 22.0. The number of carboxylic acids is 1. The first-order chi connectivity index (χ1) is 10.6. The lowest BCUT2D eigenvalue weighted by Crippen LogP contribution is -2.44. The van der Waals surface area contributed by atoms with Gasteiger partial charge in [0.1, 0.15) is 0 Å². The van der Waals surface area contributed by atoms with E-state index < -0.39 is 44.1 Å². The molecule has 1 aromatic heterocycles. The van der Waals surface area contributed by atoms with Gasteiger partial charge in [-0.1, -0.05) is 0 Å². The molecule has 128 valence electrons. The molecular weight excluding hydrogens is 326 g/mol. The Morgan fingerprint density at radius 3 is 2.30 bits per heavy atom. The predicted octanol–water partition coefficient (Wildman–Crippen LogP) is -0.994. The van der Waals surface area contributed by atoms with Gasteiger partial charge >= 0.3 is 11.7 Å². The number of aliphatic carboxylic acids is 1. The third kappa shape index (κ3) is 3.53. The Morgan fingerprint density at radius 1 is 1.22 bits per heavy atom.